The average molecular weight is 521 g/mol. The topological polar surface area (TPSA) is 56.5 Å². The number of halogens is 4. The number of benzene rings is 4. The van der Waals surface area contributed by atoms with Crippen LogP contribution in [-0.2, 0) is 6.18 Å². The van der Waals surface area contributed by atoms with E-state index in [1.54, 1.807) is 24.3 Å². The number of hydrogen-bond donors (Lipinski definition) is 0. The van der Waals surface area contributed by atoms with Crippen LogP contribution in [0.2, 0.25) is 5.02 Å². The van der Waals surface area contributed by atoms with E-state index >= 15 is 0 Å². The summed E-state index contributed by atoms with van der Waals surface area (Å²) in [5, 5.41) is 0.216. The second-order valence-electron chi connectivity index (χ2n) is 8.13. The van der Waals surface area contributed by atoms with Gasteiger partial charge < -0.3 is 9.15 Å². The fraction of sp³-hybridized carbons (Fsp3) is 0.0345. The fourth-order valence-corrected chi connectivity index (χ4v) is 4.04. The summed E-state index contributed by atoms with van der Waals surface area (Å²) in [6.45, 7) is 0. The van der Waals surface area contributed by atoms with E-state index in [1.807, 2.05) is 30.3 Å². The van der Waals surface area contributed by atoms with Crippen molar-refractivity contribution in [2.24, 2.45) is 0 Å². The Morgan fingerprint density at radius 3 is 2.05 bits per heavy atom. The Hall–Kier alpha value is -4.36. The number of hydrogen-bond acceptors (Lipinski definition) is 4. The summed E-state index contributed by atoms with van der Waals surface area (Å²) in [4.78, 5) is 25.7. The third-order valence-electron chi connectivity index (χ3n) is 5.69. The molecule has 0 aliphatic carbocycles. The van der Waals surface area contributed by atoms with E-state index in [4.69, 9.17) is 20.8 Å². The molecule has 184 valence electrons. The lowest BCUT2D eigenvalue weighted by atomic mass is 10.0. The molecule has 0 fully saturated rings. The molecule has 0 spiro atoms. The molecule has 0 unspecified atom stereocenters. The third kappa shape index (κ3) is 4.99. The van der Waals surface area contributed by atoms with E-state index in [2.05, 4.69) is 0 Å². The monoisotopic (exact) mass is 520 g/mol. The molecule has 5 aromatic rings. The van der Waals surface area contributed by atoms with Crippen LogP contribution in [0.3, 0.4) is 0 Å². The van der Waals surface area contributed by atoms with Crippen molar-refractivity contribution in [2.75, 3.05) is 0 Å². The molecular weight excluding hydrogens is 505 g/mol. The molecule has 37 heavy (non-hydrogen) atoms. The zero-order valence-corrected chi connectivity index (χ0v) is 19.6. The first kappa shape index (κ1) is 24.3. The van der Waals surface area contributed by atoms with Gasteiger partial charge in [-0.2, -0.15) is 13.2 Å². The van der Waals surface area contributed by atoms with Crippen LogP contribution in [0.1, 0.15) is 16.1 Å². The van der Waals surface area contributed by atoms with Crippen molar-refractivity contribution in [3.8, 4) is 28.0 Å². The molecule has 1 heterocycles. The quantitative estimate of drug-likeness (QED) is 0.178. The van der Waals surface area contributed by atoms with Gasteiger partial charge in [-0.3, -0.25) is 4.79 Å². The minimum Gasteiger partial charge on any atom is -0.450 e. The number of rotatable bonds is 4. The summed E-state index contributed by atoms with van der Waals surface area (Å²) in [5.41, 5.74) is 0.285. The number of fused-ring (bicyclic) bond motifs is 1. The molecule has 0 bridgehead atoms. The van der Waals surface area contributed by atoms with Crippen molar-refractivity contribution < 1.29 is 27.1 Å². The Bertz CT molecular complexity index is 1660. The summed E-state index contributed by atoms with van der Waals surface area (Å²) in [6.07, 6.45) is -4.95. The predicted octanol–water partition coefficient (Wildman–Crippen LogP) is 8.02. The predicted molar refractivity (Wildman–Crippen MR) is 135 cm³/mol. The van der Waals surface area contributed by atoms with Gasteiger partial charge in [-0.25, -0.2) is 4.79 Å². The molecule has 0 aliphatic rings. The maximum absolute atomic E-state index is 13.9. The number of ether oxygens (including phenoxy) is 1. The molecule has 4 aromatic carbocycles. The van der Waals surface area contributed by atoms with Crippen LogP contribution in [0.15, 0.2) is 106 Å². The molecule has 0 amide bonds. The summed E-state index contributed by atoms with van der Waals surface area (Å²) >= 11 is 5.84. The number of alkyl halides is 3. The number of carbonyl (C=O) groups is 1. The molecule has 8 heteroatoms. The zero-order chi connectivity index (χ0) is 26.2. The molecule has 0 atom stereocenters. The van der Waals surface area contributed by atoms with Crippen LogP contribution in [0.25, 0.3) is 33.2 Å². The van der Waals surface area contributed by atoms with Crippen molar-refractivity contribution >= 4 is 28.5 Å². The Balaban J connectivity index is 1.48. The Kier molecular flexibility index (Phi) is 6.31. The molecule has 5 rings (SSSR count). The van der Waals surface area contributed by atoms with E-state index in [1.165, 1.54) is 36.4 Å². The maximum Gasteiger partial charge on any atom is 0.450 e. The third-order valence-corrected chi connectivity index (χ3v) is 5.94. The Morgan fingerprint density at radius 1 is 0.784 bits per heavy atom. The number of esters is 1. The van der Waals surface area contributed by atoms with Gasteiger partial charge in [0.25, 0.3) is 0 Å². The van der Waals surface area contributed by atoms with Gasteiger partial charge in [0, 0.05) is 11.1 Å². The fourth-order valence-electron chi connectivity index (χ4n) is 3.91. The van der Waals surface area contributed by atoms with E-state index < -0.39 is 28.9 Å². The number of carbonyl (C=O) groups excluding carboxylic acids is 1. The van der Waals surface area contributed by atoms with Gasteiger partial charge >= 0.3 is 12.1 Å². The minimum absolute atomic E-state index is 0.0156. The van der Waals surface area contributed by atoms with Gasteiger partial charge in [0.05, 0.1) is 16.5 Å². The van der Waals surface area contributed by atoms with E-state index in [-0.39, 0.29) is 27.8 Å². The van der Waals surface area contributed by atoms with E-state index in [0.29, 0.717) is 5.02 Å². The van der Waals surface area contributed by atoms with Gasteiger partial charge in [-0.1, -0.05) is 66.2 Å². The van der Waals surface area contributed by atoms with Crippen LogP contribution in [-0.4, -0.2) is 5.97 Å². The van der Waals surface area contributed by atoms with Crippen LogP contribution in [0.5, 0.6) is 5.75 Å². The highest BCUT2D eigenvalue weighted by atomic mass is 35.5. The van der Waals surface area contributed by atoms with Crippen molar-refractivity contribution in [3.05, 3.63) is 124 Å². The van der Waals surface area contributed by atoms with Crippen LogP contribution >= 0.6 is 11.6 Å². The molecule has 4 nitrogen and oxygen atoms in total. The lowest BCUT2D eigenvalue weighted by Gasteiger charge is -2.13. The van der Waals surface area contributed by atoms with Crippen LogP contribution in [0, 0.1) is 0 Å². The first-order valence-corrected chi connectivity index (χ1v) is 11.4. The summed E-state index contributed by atoms with van der Waals surface area (Å²) in [7, 11) is 0. The molecule has 0 saturated carbocycles. The molecule has 0 aliphatic heterocycles. The summed E-state index contributed by atoms with van der Waals surface area (Å²) in [6, 6.07) is 25.4. The normalized spacial score (nSPS) is 11.5. The molecular formula is C29H16ClF3O4. The van der Waals surface area contributed by atoms with Crippen LogP contribution < -0.4 is 10.2 Å². The molecule has 0 saturated heterocycles. The first-order chi connectivity index (χ1) is 17.7. The zero-order valence-electron chi connectivity index (χ0n) is 18.9. The minimum atomic E-state index is -4.95. The van der Waals surface area contributed by atoms with Gasteiger partial charge in [0.15, 0.2) is 0 Å². The lowest BCUT2D eigenvalue weighted by molar-refractivity contribution is -0.152. The Morgan fingerprint density at radius 2 is 1.41 bits per heavy atom. The largest absolute Gasteiger partial charge is 0.450 e. The van der Waals surface area contributed by atoms with Gasteiger partial charge in [-0.05, 0) is 53.1 Å². The summed E-state index contributed by atoms with van der Waals surface area (Å²) < 4.78 is 52.1. The van der Waals surface area contributed by atoms with Gasteiger partial charge in [0.2, 0.25) is 11.2 Å². The molecule has 0 radical (unpaired) electrons. The highest BCUT2D eigenvalue weighted by molar-refractivity contribution is 6.30. The lowest BCUT2D eigenvalue weighted by Crippen LogP contribution is -2.16. The summed E-state index contributed by atoms with van der Waals surface area (Å²) in [5.74, 6) is -2.23. The van der Waals surface area contributed by atoms with Gasteiger partial charge in [0.1, 0.15) is 11.3 Å². The van der Waals surface area contributed by atoms with E-state index in [0.717, 1.165) is 17.2 Å². The second kappa shape index (κ2) is 9.59. The van der Waals surface area contributed by atoms with Crippen molar-refractivity contribution in [1.82, 2.24) is 0 Å². The maximum atomic E-state index is 13.9. The smallest absolute Gasteiger partial charge is 0.450 e. The van der Waals surface area contributed by atoms with Crippen LogP contribution in [0.4, 0.5) is 13.2 Å². The SMILES string of the molecule is O=C(Oc1ccc2c(=O)c(-c3ccc(Cl)cc3)c(C(F)(F)F)oc2c1)c1ccc(-c2ccccc2)cc1. The van der Waals surface area contributed by atoms with E-state index in [9.17, 15) is 22.8 Å². The van der Waals surface area contributed by atoms with Crippen molar-refractivity contribution in [1.29, 1.82) is 0 Å². The standard InChI is InChI=1S/C29H16ClF3O4/c30-21-12-10-19(11-13-21)25-26(34)23-15-14-22(16-24(23)37-27(25)29(31,32)33)36-28(35)20-8-6-18(7-9-20)17-4-2-1-3-5-17/h1-16H. The first-order valence-electron chi connectivity index (χ1n) is 11.0. The average Bonchev–Trinajstić information content (AvgIpc) is 2.89. The highest BCUT2D eigenvalue weighted by Gasteiger charge is 2.39. The van der Waals surface area contributed by atoms with Gasteiger partial charge in [-0.15, -0.1) is 0 Å². The Labute approximate surface area is 213 Å². The second-order valence-corrected chi connectivity index (χ2v) is 8.57. The molecule has 1 aromatic heterocycles. The molecule has 0 N–H and O–H groups in total. The highest BCUT2D eigenvalue weighted by Crippen LogP contribution is 2.38. The van der Waals surface area contributed by atoms with Crippen molar-refractivity contribution in [2.45, 2.75) is 6.18 Å². The van der Waals surface area contributed by atoms with Crippen molar-refractivity contribution in [3.63, 3.8) is 0 Å².